The fourth-order valence-electron chi connectivity index (χ4n) is 2.72. The molecule has 3 heteroatoms. The van der Waals surface area contributed by atoms with Gasteiger partial charge in [0, 0.05) is 0 Å². The number of hydrogen-bond acceptors (Lipinski definition) is 2. The second-order valence-corrected chi connectivity index (χ2v) is 8.38. The molecule has 0 saturated heterocycles. The fourth-order valence-corrected chi connectivity index (χ4v) is 4.55. The van der Waals surface area contributed by atoms with Crippen LogP contribution >= 0.6 is 0 Å². The molecule has 2 bridgehead atoms. The molecule has 0 radical (unpaired) electrons. The molecule has 2 rings (SSSR count). The van der Waals surface area contributed by atoms with Crippen LogP contribution in [0.2, 0.25) is 0 Å². The smallest absolute Gasteiger partial charge is 0.162 e. The first kappa shape index (κ1) is 9.88. The molecule has 0 amide bonds. The zero-order valence-electron chi connectivity index (χ0n) is 10.7. The summed E-state index contributed by atoms with van der Waals surface area (Å²) in [5.41, 5.74) is 0.638. The lowest BCUT2D eigenvalue weighted by Gasteiger charge is -2.30. The third kappa shape index (κ3) is 1.47. The predicted octanol–water partition coefficient (Wildman–Crippen LogP) is 2.55. The van der Waals surface area contributed by atoms with Crippen LogP contribution in [0.15, 0.2) is 12.2 Å². The molecule has 0 heterocycles. The fraction of sp³-hybridized carbons (Fsp3) is 0.833. The molecule has 0 spiro atoms. The van der Waals surface area contributed by atoms with Gasteiger partial charge in [-0.25, -0.2) is 8.42 Å². The zero-order valence-corrected chi connectivity index (χ0v) is 10.5. The van der Waals surface area contributed by atoms with E-state index in [1.54, 1.807) is 20.8 Å². The van der Waals surface area contributed by atoms with Crippen molar-refractivity contribution in [3.05, 3.63) is 12.2 Å². The van der Waals surface area contributed by atoms with Crippen molar-refractivity contribution >= 4 is 9.84 Å². The third-order valence-corrected chi connectivity index (χ3v) is 6.50. The Labute approximate surface area is 94.1 Å². The van der Waals surface area contributed by atoms with Crippen LogP contribution in [-0.4, -0.2) is 18.4 Å². The van der Waals surface area contributed by atoms with Gasteiger partial charge < -0.3 is 0 Å². The van der Waals surface area contributed by atoms with Crippen molar-refractivity contribution in [1.29, 1.82) is 0 Å². The lowest BCUT2D eigenvalue weighted by molar-refractivity contribution is 0.502. The van der Waals surface area contributed by atoms with Crippen LogP contribution in [0.25, 0.3) is 0 Å². The van der Waals surface area contributed by atoms with Gasteiger partial charge in [-0.15, -0.1) is 0 Å². The topological polar surface area (TPSA) is 34.1 Å². The van der Waals surface area contributed by atoms with Crippen LogP contribution in [0.4, 0.5) is 0 Å². The molecule has 15 heavy (non-hydrogen) atoms. The van der Waals surface area contributed by atoms with Crippen molar-refractivity contribution in [3.8, 4) is 0 Å². The standard InChI is InChI=1S/C12H20O2S/c1-8-9-5-6-10(7-9)11(8)15(13,14)12(2,3)4/h9-11H,1,5-7H2,2-4H3/t9-,10+,11-/m0/s1/i11D. The molecule has 2 saturated carbocycles. The highest BCUT2D eigenvalue weighted by Crippen LogP contribution is 2.51. The first-order chi connectivity index (χ1) is 7.12. The lowest BCUT2D eigenvalue weighted by Crippen LogP contribution is -2.40. The molecule has 2 nitrogen and oxygen atoms in total. The predicted molar refractivity (Wildman–Crippen MR) is 62.4 cm³/mol. The number of fused-ring (bicyclic) bond motifs is 2. The minimum Gasteiger partial charge on any atom is -0.228 e. The van der Waals surface area contributed by atoms with Crippen LogP contribution < -0.4 is 0 Å². The van der Waals surface area contributed by atoms with E-state index in [1.807, 2.05) is 0 Å². The van der Waals surface area contributed by atoms with Crippen molar-refractivity contribution < 1.29 is 9.79 Å². The van der Waals surface area contributed by atoms with Crippen molar-refractivity contribution in [2.45, 2.75) is 50.0 Å². The first-order valence-electron chi connectivity index (χ1n) is 6.06. The zero-order chi connectivity index (χ0) is 12.4. The van der Waals surface area contributed by atoms with Gasteiger partial charge in [0.2, 0.25) is 0 Å². The molecule has 0 unspecified atom stereocenters. The van der Waals surface area contributed by atoms with E-state index in [0.29, 0.717) is 5.57 Å². The van der Waals surface area contributed by atoms with E-state index in [-0.39, 0.29) is 11.8 Å². The highest BCUT2D eigenvalue weighted by molar-refractivity contribution is 7.93. The molecule has 2 fully saturated rings. The van der Waals surface area contributed by atoms with Gasteiger partial charge in [-0.2, -0.15) is 0 Å². The van der Waals surface area contributed by atoms with Crippen LogP contribution in [0, 0.1) is 11.8 Å². The van der Waals surface area contributed by atoms with Crippen LogP contribution in [0.3, 0.4) is 0 Å². The highest BCUT2D eigenvalue weighted by atomic mass is 32.2. The second kappa shape index (κ2) is 3.09. The van der Waals surface area contributed by atoms with Gasteiger partial charge in [-0.05, 0) is 51.9 Å². The molecule has 0 aromatic carbocycles. The van der Waals surface area contributed by atoms with Crippen molar-refractivity contribution in [1.82, 2.24) is 0 Å². The minimum absolute atomic E-state index is 0.0331. The summed E-state index contributed by atoms with van der Waals surface area (Å²) in [6.45, 7) is 8.94. The summed E-state index contributed by atoms with van der Waals surface area (Å²) >= 11 is 0. The third-order valence-electron chi connectivity index (χ3n) is 3.71. The molecule has 0 aliphatic heterocycles. The quantitative estimate of drug-likeness (QED) is 0.648. The molecular formula is C12H20O2S. The molecular weight excluding hydrogens is 208 g/mol. The minimum atomic E-state index is -3.49. The van der Waals surface area contributed by atoms with Gasteiger partial charge in [-0.3, -0.25) is 0 Å². The maximum atomic E-state index is 12.5. The Kier molecular flexibility index (Phi) is 2.04. The van der Waals surface area contributed by atoms with Crippen molar-refractivity contribution in [3.63, 3.8) is 0 Å². The molecule has 0 aromatic heterocycles. The van der Waals surface area contributed by atoms with Gasteiger partial charge >= 0.3 is 0 Å². The van der Waals surface area contributed by atoms with Crippen LogP contribution in [-0.2, 0) is 9.84 Å². The van der Waals surface area contributed by atoms with Gasteiger partial charge in [0.05, 0.1) is 11.3 Å². The molecule has 0 aromatic rings. The molecule has 86 valence electrons. The summed E-state index contributed by atoms with van der Waals surface area (Å²) in [5.74, 6) is 0.230. The van der Waals surface area contributed by atoms with Gasteiger partial charge in [0.15, 0.2) is 9.84 Å². The summed E-state index contributed by atoms with van der Waals surface area (Å²) in [7, 11) is -3.49. The Balaban J connectivity index is 2.53. The summed E-state index contributed by atoms with van der Waals surface area (Å²) < 4.78 is 32.6. The number of rotatable bonds is 1. The Bertz CT molecular complexity index is 432. The number of hydrogen-bond donors (Lipinski definition) is 0. The van der Waals surface area contributed by atoms with E-state index >= 15 is 0 Å². The Morgan fingerprint density at radius 1 is 1.40 bits per heavy atom. The average molecular weight is 229 g/mol. The number of sulfone groups is 1. The molecule has 2 aliphatic carbocycles. The largest absolute Gasteiger partial charge is 0.228 e. The highest BCUT2D eigenvalue weighted by Gasteiger charge is 2.51. The van der Waals surface area contributed by atoms with E-state index in [4.69, 9.17) is 1.37 Å². The van der Waals surface area contributed by atoms with E-state index in [1.165, 1.54) is 0 Å². The molecule has 2 aliphatic rings. The van der Waals surface area contributed by atoms with E-state index in [9.17, 15) is 8.42 Å². The normalized spacial score (nSPS) is 42.1. The monoisotopic (exact) mass is 229 g/mol. The van der Waals surface area contributed by atoms with E-state index in [0.717, 1.165) is 19.3 Å². The molecule has 3 atom stereocenters. The second-order valence-electron chi connectivity index (χ2n) is 5.71. The van der Waals surface area contributed by atoms with Gasteiger partial charge in [0.25, 0.3) is 0 Å². The van der Waals surface area contributed by atoms with Crippen molar-refractivity contribution in [2.75, 3.05) is 0 Å². The Morgan fingerprint density at radius 2 is 2.00 bits per heavy atom. The Hall–Kier alpha value is -0.310. The van der Waals surface area contributed by atoms with E-state index < -0.39 is 19.8 Å². The maximum absolute atomic E-state index is 12.5. The lowest BCUT2D eigenvalue weighted by atomic mass is 9.96. The first-order valence-corrected chi connectivity index (χ1v) is 7.04. The SMILES string of the molecule is [2H][C@]1(S(=O)(=O)C(C)(C)C)C(=C)[C@H]2CC[C@@H]1C2. The van der Waals surface area contributed by atoms with Crippen LogP contribution in [0.5, 0.6) is 0 Å². The molecule has 0 N–H and O–H groups in total. The van der Waals surface area contributed by atoms with Crippen molar-refractivity contribution in [2.24, 2.45) is 11.8 Å². The Morgan fingerprint density at radius 3 is 2.40 bits per heavy atom. The summed E-state index contributed by atoms with van der Waals surface area (Å²) in [5, 5.41) is -1.42. The van der Waals surface area contributed by atoms with Gasteiger partial charge in [-0.1, -0.05) is 12.2 Å². The summed E-state index contributed by atoms with van der Waals surface area (Å²) in [6, 6.07) is 0. The maximum Gasteiger partial charge on any atom is 0.162 e. The summed E-state index contributed by atoms with van der Waals surface area (Å²) in [6.07, 6.45) is 2.73. The van der Waals surface area contributed by atoms with E-state index in [2.05, 4.69) is 6.58 Å². The summed E-state index contributed by atoms with van der Waals surface area (Å²) in [4.78, 5) is 0. The average Bonchev–Trinajstić information content (AvgIpc) is 2.68. The van der Waals surface area contributed by atoms with Crippen LogP contribution in [0.1, 0.15) is 41.4 Å². The van der Waals surface area contributed by atoms with Gasteiger partial charge in [0.1, 0.15) is 0 Å².